The van der Waals surface area contributed by atoms with Gasteiger partial charge in [0.2, 0.25) is 5.91 Å². The predicted octanol–water partition coefficient (Wildman–Crippen LogP) is 3.58. The number of benzene rings is 2. The molecule has 0 aliphatic carbocycles. The number of amides is 2. The zero-order valence-corrected chi connectivity index (χ0v) is 16.5. The van der Waals surface area contributed by atoms with Crippen LogP contribution in [0.3, 0.4) is 0 Å². The van der Waals surface area contributed by atoms with E-state index in [1.165, 1.54) is 0 Å². The number of anilines is 1. The molecule has 2 atom stereocenters. The molecular weight excluding hydrogens is 356 g/mol. The van der Waals surface area contributed by atoms with Crippen LogP contribution in [0.5, 0.6) is 0 Å². The number of nitrogens with one attached hydrogen (secondary N) is 2. The molecule has 2 aromatic rings. The summed E-state index contributed by atoms with van der Waals surface area (Å²) in [6, 6.07) is 13.2. The highest BCUT2D eigenvalue weighted by Crippen LogP contribution is 2.20. The Kier molecular flexibility index (Phi) is 6.93. The van der Waals surface area contributed by atoms with Gasteiger partial charge in [-0.2, -0.15) is 0 Å². The lowest BCUT2D eigenvalue weighted by molar-refractivity contribution is -0.138. The minimum Gasteiger partial charge on any atom is -0.481 e. The van der Waals surface area contributed by atoms with Crippen LogP contribution in [-0.2, 0) is 9.59 Å². The van der Waals surface area contributed by atoms with Gasteiger partial charge >= 0.3 is 5.97 Å². The van der Waals surface area contributed by atoms with Gasteiger partial charge in [-0.05, 0) is 49.6 Å². The van der Waals surface area contributed by atoms with E-state index in [0.717, 1.165) is 5.56 Å². The lowest BCUT2D eigenvalue weighted by Gasteiger charge is -2.22. The van der Waals surface area contributed by atoms with Gasteiger partial charge in [0.1, 0.15) is 6.04 Å². The molecule has 6 heteroatoms. The third-order valence-corrected chi connectivity index (χ3v) is 4.54. The number of carbonyl (C=O) groups is 3. The van der Waals surface area contributed by atoms with Crippen molar-refractivity contribution < 1.29 is 19.5 Å². The SMILES string of the molecule is Cc1cccc(C(=O)NC(C(=O)Nc2cccc(C(C)C(=O)O)c2)C(C)C)c1. The maximum Gasteiger partial charge on any atom is 0.310 e. The summed E-state index contributed by atoms with van der Waals surface area (Å²) in [6.07, 6.45) is 0. The Hall–Kier alpha value is -3.15. The quantitative estimate of drug-likeness (QED) is 0.682. The summed E-state index contributed by atoms with van der Waals surface area (Å²) in [5.74, 6) is -2.41. The van der Waals surface area contributed by atoms with E-state index < -0.39 is 17.9 Å². The van der Waals surface area contributed by atoms with Crippen LogP contribution in [0.2, 0.25) is 0 Å². The Bertz CT molecular complexity index is 876. The molecule has 0 fully saturated rings. The number of rotatable bonds is 7. The smallest absolute Gasteiger partial charge is 0.310 e. The molecule has 0 saturated carbocycles. The summed E-state index contributed by atoms with van der Waals surface area (Å²) >= 11 is 0. The largest absolute Gasteiger partial charge is 0.481 e. The lowest BCUT2D eigenvalue weighted by atomic mass is 10.00. The second kappa shape index (κ2) is 9.17. The summed E-state index contributed by atoms with van der Waals surface area (Å²) in [6.45, 7) is 7.18. The molecule has 0 aliphatic heterocycles. The monoisotopic (exact) mass is 382 g/mol. The molecule has 3 N–H and O–H groups in total. The van der Waals surface area contributed by atoms with Crippen molar-refractivity contribution in [1.82, 2.24) is 5.32 Å². The molecule has 2 unspecified atom stereocenters. The van der Waals surface area contributed by atoms with Crippen LogP contribution in [0, 0.1) is 12.8 Å². The first-order valence-corrected chi connectivity index (χ1v) is 9.20. The van der Waals surface area contributed by atoms with Crippen LogP contribution in [0.15, 0.2) is 48.5 Å². The Morgan fingerprint density at radius 2 is 1.64 bits per heavy atom. The van der Waals surface area contributed by atoms with Crippen LogP contribution >= 0.6 is 0 Å². The van der Waals surface area contributed by atoms with Gasteiger partial charge < -0.3 is 15.7 Å². The van der Waals surface area contributed by atoms with Crippen molar-refractivity contribution in [2.75, 3.05) is 5.32 Å². The number of aryl methyl sites for hydroxylation is 1. The van der Waals surface area contributed by atoms with Gasteiger partial charge in [-0.15, -0.1) is 0 Å². The highest BCUT2D eigenvalue weighted by atomic mass is 16.4. The first-order valence-electron chi connectivity index (χ1n) is 9.20. The summed E-state index contributed by atoms with van der Waals surface area (Å²) in [5, 5.41) is 14.7. The number of aliphatic carboxylic acids is 1. The average molecular weight is 382 g/mol. The molecule has 0 bridgehead atoms. The molecule has 28 heavy (non-hydrogen) atoms. The molecule has 0 aromatic heterocycles. The van der Waals surface area contributed by atoms with Gasteiger partial charge in [-0.1, -0.05) is 43.7 Å². The molecule has 2 rings (SSSR count). The van der Waals surface area contributed by atoms with Crippen molar-refractivity contribution in [3.63, 3.8) is 0 Å². The van der Waals surface area contributed by atoms with E-state index in [9.17, 15) is 14.4 Å². The fraction of sp³-hybridized carbons (Fsp3) is 0.318. The fourth-order valence-corrected chi connectivity index (χ4v) is 2.79. The van der Waals surface area contributed by atoms with Crippen molar-refractivity contribution in [3.05, 3.63) is 65.2 Å². The second-order valence-corrected chi connectivity index (χ2v) is 7.24. The molecule has 148 valence electrons. The van der Waals surface area contributed by atoms with Crippen LogP contribution in [0.4, 0.5) is 5.69 Å². The highest BCUT2D eigenvalue weighted by molar-refractivity contribution is 6.01. The standard InChI is InChI=1S/C22H26N2O4/c1-13(2)19(24-20(25)17-9-5-7-14(3)11-17)21(26)23-18-10-6-8-16(12-18)15(4)22(27)28/h5-13,15,19H,1-4H3,(H,23,26)(H,24,25)(H,27,28). The molecule has 0 radical (unpaired) electrons. The van der Waals surface area contributed by atoms with Crippen LogP contribution in [0.25, 0.3) is 0 Å². The van der Waals surface area contributed by atoms with Crippen LogP contribution in [-0.4, -0.2) is 28.9 Å². The summed E-state index contributed by atoms with van der Waals surface area (Å²) in [4.78, 5) is 36.5. The van der Waals surface area contributed by atoms with Gasteiger partial charge in [0.15, 0.2) is 0 Å². The fourth-order valence-electron chi connectivity index (χ4n) is 2.79. The van der Waals surface area contributed by atoms with E-state index in [1.54, 1.807) is 49.4 Å². The third kappa shape index (κ3) is 5.42. The van der Waals surface area contributed by atoms with Gasteiger partial charge in [-0.3, -0.25) is 14.4 Å². The van der Waals surface area contributed by atoms with E-state index >= 15 is 0 Å². The van der Waals surface area contributed by atoms with Gasteiger partial charge in [0.05, 0.1) is 5.92 Å². The minimum absolute atomic E-state index is 0.130. The lowest BCUT2D eigenvalue weighted by Crippen LogP contribution is -2.47. The van der Waals surface area contributed by atoms with Crippen molar-refractivity contribution in [3.8, 4) is 0 Å². The van der Waals surface area contributed by atoms with Gasteiger partial charge in [0.25, 0.3) is 5.91 Å². The molecule has 0 heterocycles. The minimum atomic E-state index is -0.936. The second-order valence-electron chi connectivity index (χ2n) is 7.24. The average Bonchev–Trinajstić information content (AvgIpc) is 2.65. The van der Waals surface area contributed by atoms with Gasteiger partial charge in [0, 0.05) is 11.3 Å². The highest BCUT2D eigenvalue weighted by Gasteiger charge is 2.25. The molecule has 0 spiro atoms. The number of hydrogen-bond acceptors (Lipinski definition) is 3. The zero-order valence-electron chi connectivity index (χ0n) is 16.5. The van der Waals surface area contributed by atoms with E-state index in [4.69, 9.17) is 5.11 Å². The molecular formula is C22H26N2O4. The number of carbonyl (C=O) groups excluding carboxylic acids is 2. The Morgan fingerprint density at radius 1 is 0.964 bits per heavy atom. The third-order valence-electron chi connectivity index (χ3n) is 4.54. The predicted molar refractivity (Wildman–Crippen MR) is 108 cm³/mol. The first-order chi connectivity index (χ1) is 13.2. The molecule has 2 aromatic carbocycles. The molecule has 0 aliphatic rings. The molecule has 6 nitrogen and oxygen atoms in total. The normalized spacial score (nSPS) is 12.9. The Labute approximate surface area is 165 Å². The van der Waals surface area contributed by atoms with Crippen molar-refractivity contribution in [1.29, 1.82) is 0 Å². The zero-order chi connectivity index (χ0) is 20.8. The maximum absolute atomic E-state index is 12.8. The summed E-state index contributed by atoms with van der Waals surface area (Å²) < 4.78 is 0. The van der Waals surface area contributed by atoms with Crippen LogP contribution in [0.1, 0.15) is 48.2 Å². The van der Waals surface area contributed by atoms with E-state index in [1.807, 2.05) is 26.8 Å². The molecule has 0 saturated heterocycles. The van der Waals surface area contributed by atoms with Crippen molar-refractivity contribution in [2.24, 2.45) is 5.92 Å². The van der Waals surface area contributed by atoms with Crippen molar-refractivity contribution >= 4 is 23.5 Å². The summed E-state index contributed by atoms with van der Waals surface area (Å²) in [7, 11) is 0. The van der Waals surface area contributed by atoms with E-state index in [0.29, 0.717) is 16.8 Å². The topological polar surface area (TPSA) is 95.5 Å². The van der Waals surface area contributed by atoms with Gasteiger partial charge in [-0.25, -0.2) is 0 Å². The van der Waals surface area contributed by atoms with Crippen molar-refractivity contribution in [2.45, 2.75) is 39.7 Å². The first kappa shape index (κ1) is 21.2. The van der Waals surface area contributed by atoms with E-state index in [-0.39, 0.29) is 17.7 Å². The number of carboxylic acids is 1. The Balaban J connectivity index is 2.14. The molecule has 2 amide bonds. The number of hydrogen-bond donors (Lipinski definition) is 3. The summed E-state index contributed by atoms with van der Waals surface area (Å²) in [5.41, 5.74) is 2.54. The van der Waals surface area contributed by atoms with E-state index in [2.05, 4.69) is 10.6 Å². The number of carboxylic acid groups (broad SMARTS) is 1. The Morgan fingerprint density at radius 3 is 2.25 bits per heavy atom. The van der Waals surface area contributed by atoms with Crippen LogP contribution < -0.4 is 10.6 Å². The maximum atomic E-state index is 12.8.